The van der Waals surface area contributed by atoms with Gasteiger partial charge in [0.25, 0.3) is 0 Å². The molecule has 1 aliphatic rings. The van der Waals surface area contributed by atoms with E-state index in [2.05, 4.69) is 0 Å². The van der Waals surface area contributed by atoms with Crippen LogP contribution in [0.4, 0.5) is 0 Å². The number of hydrogen-bond acceptors (Lipinski definition) is 2. The number of benzene rings is 1. The molecule has 1 fully saturated rings. The van der Waals surface area contributed by atoms with Gasteiger partial charge in [0.05, 0.1) is 12.5 Å². The first-order valence-corrected chi connectivity index (χ1v) is 6.26. The minimum Gasteiger partial charge on any atom is -0.388 e. The van der Waals surface area contributed by atoms with Crippen LogP contribution in [-0.4, -0.2) is 29.0 Å². The third-order valence-electron chi connectivity index (χ3n) is 3.08. The molecule has 1 heterocycles. The van der Waals surface area contributed by atoms with Gasteiger partial charge in [0, 0.05) is 18.1 Å². The van der Waals surface area contributed by atoms with Gasteiger partial charge in [0.1, 0.15) is 0 Å². The molecule has 0 spiro atoms. The Labute approximate surface area is 106 Å². The lowest BCUT2D eigenvalue weighted by atomic mass is 10.1. The van der Waals surface area contributed by atoms with Crippen LogP contribution in [0.25, 0.3) is 0 Å². The van der Waals surface area contributed by atoms with Crippen molar-refractivity contribution in [1.82, 2.24) is 4.90 Å². The van der Waals surface area contributed by atoms with Gasteiger partial charge in [0.15, 0.2) is 0 Å². The average molecular weight is 254 g/mol. The van der Waals surface area contributed by atoms with Crippen LogP contribution in [-0.2, 0) is 4.79 Å². The van der Waals surface area contributed by atoms with Crippen LogP contribution in [0.2, 0.25) is 5.02 Å². The molecule has 4 heteroatoms. The zero-order valence-electron chi connectivity index (χ0n) is 9.60. The molecule has 1 N–H and O–H groups in total. The minimum absolute atomic E-state index is 0.0324. The first-order chi connectivity index (χ1) is 8.16. The average Bonchev–Trinajstić information content (AvgIpc) is 2.83. The molecule has 1 aromatic rings. The predicted molar refractivity (Wildman–Crippen MR) is 66.8 cm³/mol. The van der Waals surface area contributed by atoms with Crippen molar-refractivity contribution in [2.24, 2.45) is 0 Å². The normalized spacial score (nSPS) is 17.2. The standard InChI is InChI=1S/C13H16ClNO2/c14-11-5-3-10(4-6-11)12(16)9-13(17)15-7-1-2-8-15/h3-6,12,16H,1-2,7-9H2/t12-/m1/s1. The second kappa shape index (κ2) is 5.52. The van der Waals surface area contributed by atoms with Crippen LogP contribution < -0.4 is 0 Å². The summed E-state index contributed by atoms with van der Waals surface area (Å²) in [6.45, 7) is 1.65. The molecule has 2 rings (SSSR count). The molecule has 1 saturated heterocycles. The molecular formula is C13H16ClNO2. The van der Waals surface area contributed by atoms with Crippen LogP contribution in [0.15, 0.2) is 24.3 Å². The summed E-state index contributed by atoms with van der Waals surface area (Å²) in [7, 11) is 0. The Balaban J connectivity index is 1.93. The Bertz CT molecular complexity index is 385. The van der Waals surface area contributed by atoms with Crippen molar-refractivity contribution in [3.63, 3.8) is 0 Å². The van der Waals surface area contributed by atoms with E-state index in [1.807, 2.05) is 4.90 Å². The number of aliphatic hydroxyl groups is 1. The summed E-state index contributed by atoms with van der Waals surface area (Å²) in [5.74, 6) is 0.0324. The van der Waals surface area contributed by atoms with E-state index in [1.54, 1.807) is 24.3 Å². The van der Waals surface area contributed by atoms with Gasteiger partial charge in [-0.05, 0) is 30.5 Å². The molecule has 0 bridgehead atoms. The zero-order chi connectivity index (χ0) is 12.3. The summed E-state index contributed by atoms with van der Waals surface area (Å²) in [4.78, 5) is 13.7. The molecule has 92 valence electrons. The van der Waals surface area contributed by atoms with Crippen molar-refractivity contribution in [3.8, 4) is 0 Å². The summed E-state index contributed by atoms with van der Waals surface area (Å²) in [5, 5.41) is 10.6. The van der Waals surface area contributed by atoms with Crippen LogP contribution in [0.1, 0.15) is 30.9 Å². The molecule has 17 heavy (non-hydrogen) atoms. The summed E-state index contributed by atoms with van der Waals surface area (Å²) >= 11 is 5.77. The van der Waals surface area contributed by atoms with E-state index in [4.69, 9.17) is 11.6 Å². The summed E-state index contributed by atoms with van der Waals surface area (Å²) in [6.07, 6.45) is 1.56. The fourth-order valence-corrected chi connectivity index (χ4v) is 2.19. The fraction of sp³-hybridized carbons (Fsp3) is 0.462. The molecule has 1 amide bonds. The molecule has 0 aliphatic carbocycles. The van der Waals surface area contributed by atoms with Gasteiger partial charge in [-0.2, -0.15) is 0 Å². The summed E-state index contributed by atoms with van der Waals surface area (Å²) in [6, 6.07) is 6.95. The maximum absolute atomic E-state index is 11.8. The molecule has 0 aromatic heterocycles. The van der Waals surface area contributed by atoms with Crippen molar-refractivity contribution < 1.29 is 9.90 Å². The lowest BCUT2D eigenvalue weighted by Crippen LogP contribution is -2.28. The second-order valence-electron chi connectivity index (χ2n) is 4.36. The quantitative estimate of drug-likeness (QED) is 0.899. The number of carbonyl (C=O) groups is 1. The van der Waals surface area contributed by atoms with E-state index >= 15 is 0 Å². The second-order valence-corrected chi connectivity index (χ2v) is 4.80. The number of rotatable bonds is 3. The highest BCUT2D eigenvalue weighted by molar-refractivity contribution is 6.30. The largest absolute Gasteiger partial charge is 0.388 e. The highest BCUT2D eigenvalue weighted by Crippen LogP contribution is 2.21. The molecule has 1 aromatic carbocycles. The van der Waals surface area contributed by atoms with Crippen LogP contribution in [0.3, 0.4) is 0 Å². The van der Waals surface area contributed by atoms with Crippen LogP contribution >= 0.6 is 11.6 Å². The number of hydrogen-bond donors (Lipinski definition) is 1. The topological polar surface area (TPSA) is 40.5 Å². The van der Waals surface area contributed by atoms with E-state index in [1.165, 1.54) is 0 Å². The van der Waals surface area contributed by atoms with Crippen LogP contribution in [0, 0.1) is 0 Å². The highest BCUT2D eigenvalue weighted by Gasteiger charge is 2.21. The molecule has 1 aliphatic heterocycles. The van der Waals surface area contributed by atoms with Gasteiger partial charge < -0.3 is 10.0 Å². The molecule has 1 atom stereocenters. The lowest BCUT2D eigenvalue weighted by Gasteiger charge is -2.18. The van der Waals surface area contributed by atoms with E-state index in [9.17, 15) is 9.90 Å². The van der Waals surface area contributed by atoms with E-state index in [0.717, 1.165) is 31.5 Å². The van der Waals surface area contributed by atoms with Gasteiger partial charge in [-0.25, -0.2) is 0 Å². The van der Waals surface area contributed by atoms with Gasteiger partial charge in [-0.15, -0.1) is 0 Å². The molecule has 0 saturated carbocycles. The Morgan fingerprint density at radius 2 is 1.88 bits per heavy atom. The third-order valence-corrected chi connectivity index (χ3v) is 3.33. The maximum atomic E-state index is 11.8. The Morgan fingerprint density at radius 1 is 1.29 bits per heavy atom. The van der Waals surface area contributed by atoms with Crippen molar-refractivity contribution >= 4 is 17.5 Å². The highest BCUT2D eigenvalue weighted by atomic mass is 35.5. The number of likely N-dealkylation sites (tertiary alicyclic amines) is 1. The molecule has 0 unspecified atom stereocenters. The van der Waals surface area contributed by atoms with Gasteiger partial charge >= 0.3 is 0 Å². The number of aliphatic hydroxyl groups excluding tert-OH is 1. The minimum atomic E-state index is -0.736. The summed E-state index contributed by atoms with van der Waals surface area (Å²) in [5.41, 5.74) is 0.738. The number of carbonyl (C=O) groups excluding carboxylic acids is 1. The lowest BCUT2D eigenvalue weighted by molar-refractivity contribution is -0.132. The number of halogens is 1. The fourth-order valence-electron chi connectivity index (χ4n) is 2.06. The number of nitrogens with zero attached hydrogens (tertiary/aromatic N) is 1. The Hall–Kier alpha value is -1.06. The SMILES string of the molecule is O=C(C[C@@H](O)c1ccc(Cl)cc1)N1CCCC1. The van der Waals surface area contributed by atoms with Crippen molar-refractivity contribution in [3.05, 3.63) is 34.9 Å². The van der Waals surface area contributed by atoms with Gasteiger partial charge in [0.2, 0.25) is 5.91 Å². The van der Waals surface area contributed by atoms with Crippen molar-refractivity contribution in [2.45, 2.75) is 25.4 Å². The van der Waals surface area contributed by atoms with Gasteiger partial charge in [-0.3, -0.25) is 4.79 Å². The Kier molecular flexibility index (Phi) is 4.02. The molecular weight excluding hydrogens is 238 g/mol. The van der Waals surface area contributed by atoms with Crippen molar-refractivity contribution in [1.29, 1.82) is 0 Å². The first-order valence-electron chi connectivity index (χ1n) is 5.88. The monoisotopic (exact) mass is 253 g/mol. The van der Waals surface area contributed by atoms with Gasteiger partial charge in [-0.1, -0.05) is 23.7 Å². The number of amides is 1. The van der Waals surface area contributed by atoms with Crippen LogP contribution in [0.5, 0.6) is 0 Å². The van der Waals surface area contributed by atoms with Crippen molar-refractivity contribution in [2.75, 3.05) is 13.1 Å². The Morgan fingerprint density at radius 3 is 2.47 bits per heavy atom. The first kappa shape index (κ1) is 12.4. The predicted octanol–water partition coefficient (Wildman–Crippen LogP) is 2.39. The molecule has 0 radical (unpaired) electrons. The van der Waals surface area contributed by atoms with E-state index in [0.29, 0.717) is 5.02 Å². The van der Waals surface area contributed by atoms with E-state index < -0.39 is 6.10 Å². The zero-order valence-corrected chi connectivity index (χ0v) is 10.4. The smallest absolute Gasteiger partial charge is 0.225 e. The summed E-state index contributed by atoms with van der Waals surface area (Å²) < 4.78 is 0. The molecule has 3 nitrogen and oxygen atoms in total. The third kappa shape index (κ3) is 3.20. The maximum Gasteiger partial charge on any atom is 0.225 e. The van der Waals surface area contributed by atoms with E-state index in [-0.39, 0.29) is 12.3 Å².